The molecule has 1 aliphatic rings. The van der Waals surface area contributed by atoms with Gasteiger partial charge in [-0.25, -0.2) is 4.98 Å². The van der Waals surface area contributed by atoms with Crippen LogP contribution in [-0.4, -0.2) is 36.7 Å². The molecule has 0 aliphatic carbocycles. The third-order valence-corrected chi connectivity index (χ3v) is 10.6. The molecule has 1 aromatic carbocycles. The second-order valence-corrected chi connectivity index (χ2v) is 14.5. The SMILES string of the molecule is CN1C=CC=C(c2ccc([N+](=O)[O-])c(Nc3ccc(CO[Si](C)(C)C(C)(C)C)cc3)n2)C1. The highest BCUT2D eigenvalue weighted by Crippen LogP contribution is 2.37. The Labute approximate surface area is 191 Å². The van der Waals surface area contributed by atoms with E-state index in [0.29, 0.717) is 18.8 Å². The first-order valence-corrected chi connectivity index (χ1v) is 13.6. The zero-order chi connectivity index (χ0) is 23.5. The van der Waals surface area contributed by atoms with Crippen LogP contribution in [0.5, 0.6) is 0 Å². The van der Waals surface area contributed by atoms with Crippen molar-refractivity contribution in [2.45, 2.75) is 45.5 Å². The number of pyridine rings is 1. The van der Waals surface area contributed by atoms with E-state index in [1.54, 1.807) is 6.07 Å². The fraction of sp³-hybridized carbons (Fsp3) is 0.375. The molecular formula is C24H32N4O3Si. The van der Waals surface area contributed by atoms with E-state index in [0.717, 1.165) is 16.8 Å². The van der Waals surface area contributed by atoms with Crippen molar-refractivity contribution in [3.8, 4) is 0 Å². The molecule has 0 bridgehead atoms. The fourth-order valence-electron chi connectivity index (χ4n) is 3.02. The van der Waals surface area contributed by atoms with Gasteiger partial charge in [-0.2, -0.15) is 0 Å². The summed E-state index contributed by atoms with van der Waals surface area (Å²) in [5.74, 6) is 0.232. The van der Waals surface area contributed by atoms with Gasteiger partial charge in [-0.1, -0.05) is 39.0 Å². The van der Waals surface area contributed by atoms with Gasteiger partial charge in [0.05, 0.1) is 17.2 Å². The number of likely N-dealkylation sites (N-methyl/N-ethyl adjacent to an activating group) is 1. The molecule has 2 heterocycles. The summed E-state index contributed by atoms with van der Waals surface area (Å²) < 4.78 is 6.28. The number of rotatable bonds is 7. The molecule has 1 aromatic heterocycles. The van der Waals surface area contributed by atoms with Gasteiger partial charge in [0.15, 0.2) is 8.32 Å². The number of nitrogens with one attached hydrogen (secondary N) is 1. The van der Waals surface area contributed by atoms with Gasteiger partial charge in [0.1, 0.15) is 0 Å². The van der Waals surface area contributed by atoms with Crippen LogP contribution in [0.4, 0.5) is 17.2 Å². The van der Waals surface area contributed by atoms with Crippen LogP contribution < -0.4 is 5.32 Å². The Morgan fingerprint density at radius 2 is 1.88 bits per heavy atom. The van der Waals surface area contributed by atoms with Crippen LogP contribution in [0.1, 0.15) is 32.0 Å². The molecule has 0 radical (unpaired) electrons. The van der Waals surface area contributed by atoms with E-state index < -0.39 is 13.2 Å². The van der Waals surface area contributed by atoms with Crippen LogP contribution in [0, 0.1) is 10.1 Å². The molecular weight excluding hydrogens is 420 g/mol. The summed E-state index contributed by atoms with van der Waals surface area (Å²) in [7, 11) is 0.152. The predicted octanol–water partition coefficient (Wildman–Crippen LogP) is 6.10. The number of anilines is 2. The summed E-state index contributed by atoms with van der Waals surface area (Å²) >= 11 is 0. The summed E-state index contributed by atoms with van der Waals surface area (Å²) in [6.45, 7) is 12.4. The first-order valence-electron chi connectivity index (χ1n) is 10.7. The van der Waals surface area contributed by atoms with Gasteiger partial charge in [-0.3, -0.25) is 10.1 Å². The molecule has 0 fully saturated rings. The average molecular weight is 453 g/mol. The van der Waals surface area contributed by atoms with Gasteiger partial charge in [0, 0.05) is 25.3 Å². The van der Waals surface area contributed by atoms with Gasteiger partial charge in [0.25, 0.3) is 0 Å². The van der Waals surface area contributed by atoms with Crippen LogP contribution in [0.3, 0.4) is 0 Å². The van der Waals surface area contributed by atoms with Gasteiger partial charge >= 0.3 is 5.69 Å². The summed E-state index contributed by atoms with van der Waals surface area (Å²) in [5.41, 5.74) is 3.47. The van der Waals surface area contributed by atoms with Crippen molar-refractivity contribution in [1.82, 2.24) is 9.88 Å². The third kappa shape index (κ3) is 5.63. The van der Waals surface area contributed by atoms with Gasteiger partial charge in [0.2, 0.25) is 5.82 Å². The van der Waals surface area contributed by atoms with Crippen LogP contribution in [0.2, 0.25) is 18.1 Å². The van der Waals surface area contributed by atoms with Crippen LogP contribution in [0.25, 0.3) is 5.57 Å². The predicted molar refractivity (Wildman–Crippen MR) is 132 cm³/mol. The highest BCUT2D eigenvalue weighted by molar-refractivity contribution is 6.74. The van der Waals surface area contributed by atoms with Crippen molar-refractivity contribution in [1.29, 1.82) is 0 Å². The maximum Gasteiger partial charge on any atom is 0.311 e. The molecule has 170 valence electrons. The quantitative estimate of drug-likeness (QED) is 0.311. The highest BCUT2D eigenvalue weighted by Gasteiger charge is 2.37. The van der Waals surface area contributed by atoms with Crippen LogP contribution in [0.15, 0.2) is 54.8 Å². The fourth-order valence-corrected chi connectivity index (χ4v) is 3.98. The lowest BCUT2D eigenvalue weighted by molar-refractivity contribution is -0.384. The molecule has 0 atom stereocenters. The Morgan fingerprint density at radius 1 is 1.19 bits per heavy atom. The van der Waals surface area contributed by atoms with Crippen molar-refractivity contribution in [3.05, 3.63) is 76.1 Å². The average Bonchev–Trinajstić information content (AvgIpc) is 2.72. The van der Waals surface area contributed by atoms with E-state index in [9.17, 15) is 10.1 Å². The summed E-state index contributed by atoms with van der Waals surface area (Å²) in [5, 5.41) is 14.8. The second-order valence-electron chi connectivity index (χ2n) is 9.64. The minimum atomic E-state index is -1.82. The lowest BCUT2D eigenvalue weighted by atomic mass is 10.1. The van der Waals surface area contributed by atoms with E-state index in [1.165, 1.54) is 6.07 Å². The molecule has 2 aromatic rings. The van der Waals surface area contributed by atoms with Gasteiger partial charge in [-0.15, -0.1) is 0 Å². The third-order valence-electron chi connectivity index (χ3n) is 6.08. The molecule has 1 N–H and O–H groups in total. The Balaban J connectivity index is 1.77. The Bertz CT molecular complexity index is 1040. The number of hydrogen-bond donors (Lipinski definition) is 1. The molecule has 8 heteroatoms. The van der Waals surface area contributed by atoms with E-state index in [-0.39, 0.29) is 16.5 Å². The van der Waals surface area contributed by atoms with Crippen molar-refractivity contribution in [2.24, 2.45) is 0 Å². The first-order chi connectivity index (χ1) is 15.0. The molecule has 7 nitrogen and oxygen atoms in total. The number of allylic oxidation sites excluding steroid dienone is 2. The zero-order valence-corrected chi connectivity index (χ0v) is 20.7. The molecule has 0 saturated carbocycles. The zero-order valence-electron chi connectivity index (χ0n) is 19.7. The van der Waals surface area contributed by atoms with Crippen molar-refractivity contribution < 1.29 is 9.35 Å². The molecule has 0 saturated heterocycles. The summed E-state index contributed by atoms with van der Waals surface area (Å²) in [4.78, 5) is 17.7. The minimum absolute atomic E-state index is 0.0561. The lowest BCUT2D eigenvalue weighted by Gasteiger charge is -2.36. The van der Waals surface area contributed by atoms with Gasteiger partial charge in [-0.05, 0) is 59.7 Å². The van der Waals surface area contributed by atoms with Crippen molar-refractivity contribution >= 4 is 31.1 Å². The normalized spacial score (nSPS) is 14.3. The van der Waals surface area contributed by atoms with E-state index in [2.05, 4.69) is 44.2 Å². The number of nitro groups is 1. The second kappa shape index (κ2) is 9.26. The Morgan fingerprint density at radius 3 is 2.47 bits per heavy atom. The molecule has 32 heavy (non-hydrogen) atoms. The largest absolute Gasteiger partial charge is 0.413 e. The van der Waals surface area contributed by atoms with Crippen molar-refractivity contribution in [3.63, 3.8) is 0 Å². The number of nitrogens with zero attached hydrogens (tertiary/aromatic N) is 3. The molecule has 0 spiro atoms. The van der Waals surface area contributed by atoms with Crippen molar-refractivity contribution in [2.75, 3.05) is 18.9 Å². The van der Waals surface area contributed by atoms with Crippen LogP contribution in [-0.2, 0) is 11.0 Å². The van der Waals surface area contributed by atoms with Gasteiger partial charge < -0.3 is 14.6 Å². The molecule has 0 amide bonds. The number of benzene rings is 1. The maximum absolute atomic E-state index is 11.5. The smallest absolute Gasteiger partial charge is 0.311 e. The van der Waals surface area contributed by atoms with E-state index in [4.69, 9.17) is 4.43 Å². The van der Waals surface area contributed by atoms with E-state index >= 15 is 0 Å². The van der Waals surface area contributed by atoms with E-state index in [1.807, 2.05) is 54.6 Å². The monoisotopic (exact) mass is 452 g/mol. The first kappa shape index (κ1) is 23.7. The summed E-state index contributed by atoms with van der Waals surface area (Å²) in [6.07, 6.45) is 5.90. The number of hydrogen-bond acceptors (Lipinski definition) is 6. The molecule has 0 unspecified atom stereocenters. The Hall–Kier alpha value is -2.97. The highest BCUT2D eigenvalue weighted by atomic mass is 28.4. The molecule has 1 aliphatic heterocycles. The minimum Gasteiger partial charge on any atom is -0.413 e. The standard InChI is InChI=1S/C24H32N4O3Si/c1-24(2,3)32(5,6)31-17-18-9-11-20(12-10-18)25-23-22(28(29)30)14-13-21(26-23)19-8-7-15-27(4)16-19/h7-15H,16-17H2,1-6H3,(H,25,26). The van der Waals surface area contributed by atoms with Crippen LogP contribution >= 0.6 is 0 Å². The maximum atomic E-state index is 11.5. The molecule has 3 rings (SSSR count). The lowest BCUT2D eigenvalue weighted by Crippen LogP contribution is -2.40. The summed E-state index contributed by atoms with van der Waals surface area (Å²) in [6, 6.07) is 11.0. The number of aromatic nitrogens is 1. The Kier molecular flexibility index (Phi) is 6.85. The topological polar surface area (TPSA) is 80.5 Å².